The summed E-state index contributed by atoms with van der Waals surface area (Å²) in [4.78, 5) is 22.0. The fourth-order valence-corrected chi connectivity index (χ4v) is 5.50. The predicted octanol–water partition coefficient (Wildman–Crippen LogP) is 3.46. The van der Waals surface area contributed by atoms with Crippen molar-refractivity contribution in [2.24, 2.45) is 0 Å². The molecule has 2 aromatic carbocycles. The third-order valence-electron chi connectivity index (χ3n) is 5.40. The Hall–Kier alpha value is -2.85. The lowest BCUT2D eigenvalue weighted by Crippen LogP contribution is -2.48. The zero-order valence-corrected chi connectivity index (χ0v) is 20.5. The second kappa shape index (κ2) is 9.56. The van der Waals surface area contributed by atoms with Crippen LogP contribution in [0.5, 0.6) is 11.5 Å². The van der Waals surface area contributed by atoms with Gasteiger partial charge in [-0.05, 0) is 50.2 Å². The number of sulfone groups is 1. The van der Waals surface area contributed by atoms with E-state index < -0.39 is 9.84 Å². The Bertz CT molecular complexity index is 1260. The lowest BCUT2D eigenvalue weighted by Gasteiger charge is -2.34. The van der Waals surface area contributed by atoms with Crippen LogP contribution in [0, 0.1) is 0 Å². The zero-order valence-electron chi connectivity index (χ0n) is 18.9. The minimum Gasteiger partial charge on any atom is -0.490 e. The third kappa shape index (κ3) is 5.06. The lowest BCUT2D eigenvalue weighted by molar-refractivity contribution is 0.0746. The first kappa shape index (κ1) is 23.3. The van der Waals surface area contributed by atoms with Crippen LogP contribution in [-0.4, -0.2) is 69.9 Å². The molecule has 1 fully saturated rings. The minimum absolute atomic E-state index is 0.0410. The van der Waals surface area contributed by atoms with E-state index in [9.17, 15) is 13.2 Å². The van der Waals surface area contributed by atoms with Crippen LogP contribution in [0.15, 0.2) is 41.3 Å². The van der Waals surface area contributed by atoms with Crippen molar-refractivity contribution in [3.05, 3.63) is 42.0 Å². The van der Waals surface area contributed by atoms with E-state index in [-0.39, 0.29) is 5.91 Å². The van der Waals surface area contributed by atoms with E-state index in [4.69, 9.17) is 9.47 Å². The second-order valence-electron chi connectivity index (χ2n) is 7.70. The molecule has 1 aliphatic rings. The molecule has 0 saturated carbocycles. The van der Waals surface area contributed by atoms with E-state index in [0.717, 1.165) is 15.3 Å². The molecular formula is C23H27N3O5S2. The molecule has 8 nitrogen and oxygen atoms in total. The van der Waals surface area contributed by atoms with Crippen LogP contribution < -0.4 is 14.4 Å². The molecular weight excluding hydrogens is 462 g/mol. The van der Waals surface area contributed by atoms with Gasteiger partial charge in [-0.25, -0.2) is 13.4 Å². The van der Waals surface area contributed by atoms with E-state index in [1.165, 1.54) is 17.6 Å². The number of rotatable bonds is 7. The molecule has 1 amide bonds. The number of thiazole rings is 1. The lowest BCUT2D eigenvalue weighted by atomic mass is 10.1. The van der Waals surface area contributed by atoms with Crippen molar-refractivity contribution in [3.63, 3.8) is 0 Å². The average Bonchev–Trinajstić information content (AvgIpc) is 3.23. The van der Waals surface area contributed by atoms with Gasteiger partial charge in [0, 0.05) is 38.0 Å². The van der Waals surface area contributed by atoms with Crippen molar-refractivity contribution in [2.45, 2.75) is 18.7 Å². The molecule has 2 heterocycles. The molecule has 0 spiro atoms. The van der Waals surface area contributed by atoms with Gasteiger partial charge >= 0.3 is 0 Å². The molecule has 1 aliphatic heterocycles. The van der Waals surface area contributed by atoms with Crippen molar-refractivity contribution in [3.8, 4) is 11.5 Å². The standard InChI is InChI=1S/C23H27N3O5S2/c1-4-30-19-9-6-16(14-20(19)31-5-2)22(27)25-10-12-26(13-11-25)23-24-18-8-7-17(33(3,28)29)15-21(18)32-23/h6-9,14-15H,4-5,10-13H2,1-3H3. The first-order chi connectivity index (χ1) is 15.8. The van der Waals surface area contributed by atoms with Crippen LogP contribution in [0.4, 0.5) is 5.13 Å². The maximum absolute atomic E-state index is 13.1. The number of aromatic nitrogens is 1. The SMILES string of the molecule is CCOc1ccc(C(=O)N2CCN(c3nc4ccc(S(C)(=O)=O)cc4s3)CC2)cc1OCC. The molecule has 1 aromatic heterocycles. The van der Waals surface area contributed by atoms with Crippen LogP contribution in [0.3, 0.4) is 0 Å². The molecule has 0 radical (unpaired) electrons. The smallest absolute Gasteiger partial charge is 0.254 e. The first-order valence-electron chi connectivity index (χ1n) is 10.8. The van der Waals surface area contributed by atoms with Gasteiger partial charge in [0.15, 0.2) is 26.5 Å². The highest BCUT2D eigenvalue weighted by Crippen LogP contribution is 2.32. The summed E-state index contributed by atoms with van der Waals surface area (Å²) in [6.45, 7) is 7.26. The molecule has 3 aromatic rings. The van der Waals surface area contributed by atoms with Crippen molar-refractivity contribution < 1.29 is 22.7 Å². The number of anilines is 1. The predicted molar refractivity (Wildman–Crippen MR) is 130 cm³/mol. The van der Waals surface area contributed by atoms with E-state index in [0.29, 0.717) is 61.4 Å². The van der Waals surface area contributed by atoms with Crippen molar-refractivity contribution in [2.75, 3.05) is 50.5 Å². The van der Waals surface area contributed by atoms with Crippen molar-refractivity contribution in [1.29, 1.82) is 0 Å². The Kier molecular flexibility index (Phi) is 6.76. The van der Waals surface area contributed by atoms with Gasteiger partial charge in [0.2, 0.25) is 0 Å². The summed E-state index contributed by atoms with van der Waals surface area (Å²) in [5.41, 5.74) is 1.35. The number of ether oxygens (including phenoxy) is 2. The minimum atomic E-state index is -3.26. The molecule has 0 bridgehead atoms. The normalized spacial score (nSPS) is 14.5. The van der Waals surface area contributed by atoms with Crippen LogP contribution in [0.1, 0.15) is 24.2 Å². The van der Waals surface area contributed by atoms with Crippen LogP contribution in [0.2, 0.25) is 0 Å². The molecule has 4 rings (SSSR count). The molecule has 0 unspecified atom stereocenters. The summed E-state index contributed by atoms with van der Waals surface area (Å²) < 4.78 is 35.7. The van der Waals surface area contributed by atoms with E-state index in [1.54, 1.807) is 36.4 Å². The number of carbonyl (C=O) groups excluding carboxylic acids is 1. The summed E-state index contributed by atoms with van der Waals surface area (Å²) in [5.74, 6) is 1.17. The number of nitrogens with zero attached hydrogens (tertiary/aromatic N) is 3. The summed E-state index contributed by atoms with van der Waals surface area (Å²) >= 11 is 1.47. The number of amides is 1. The Balaban J connectivity index is 1.45. The molecule has 33 heavy (non-hydrogen) atoms. The molecule has 176 valence electrons. The number of hydrogen-bond donors (Lipinski definition) is 0. The Morgan fingerprint density at radius 1 is 1.00 bits per heavy atom. The van der Waals surface area contributed by atoms with Gasteiger partial charge < -0.3 is 19.3 Å². The van der Waals surface area contributed by atoms with Crippen LogP contribution in [0.25, 0.3) is 10.2 Å². The summed E-state index contributed by atoms with van der Waals surface area (Å²) in [6.07, 6.45) is 1.20. The van der Waals surface area contributed by atoms with E-state index in [2.05, 4.69) is 9.88 Å². The number of benzene rings is 2. The van der Waals surface area contributed by atoms with Gasteiger partial charge in [-0.1, -0.05) is 11.3 Å². The molecule has 10 heteroatoms. The number of piperazine rings is 1. The van der Waals surface area contributed by atoms with Crippen molar-refractivity contribution >= 4 is 42.4 Å². The highest BCUT2D eigenvalue weighted by Gasteiger charge is 2.25. The Morgan fingerprint density at radius 2 is 1.70 bits per heavy atom. The largest absolute Gasteiger partial charge is 0.490 e. The molecule has 0 atom stereocenters. The average molecular weight is 490 g/mol. The molecule has 0 aliphatic carbocycles. The third-order valence-corrected chi connectivity index (χ3v) is 7.59. The number of carbonyl (C=O) groups is 1. The summed E-state index contributed by atoms with van der Waals surface area (Å²) in [5, 5.41) is 0.836. The topological polar surface area (TPSA) is 89.0 Å². The molecule has 1 saturated heterocycles. The first-order valence-corrected chi connectivity index (χ1v) is 13.6. The molecule has 0 N–H and O–H groups in total. The Morgan fingerprint density at radius 3 is 2.36 bits per heavy atom. The van der Waals surface area contributed by atoms with Gasteiger partial charge in [-0.2, -0.15) is 0 Å². The van der Waals surface area contributed by atoms with E-state index in [1.807, 2.05) is 18.7 Å². The highest BCUT2D eigenvalue weighted by molar-refractivity contribution is 7.90. The Labute approximate surface area is 197 Å². The van der Waals surface area contributed by atoms with Gasteiger partial charge in [-0.3, -0.25) is 4.79 Å². The van der Waals surface area contributed by atoms with Gasteiger partial charge in [0.25, 0.3) is 5.91 Å². The van der Waals surface area contributed by atoms with Gasteiger partial charge in [0.05, 0.1) is 28.3 Å². The number of hydrogen-bond acceptors (Lipinski definition) is 8. The van der Waals surface area contributed by atoms with Gasteiger partial charge in [0.1, 0.15) is 0 Å². The van der Waals surface area contributed by atoms with Gasteiger partial charge in [-0.15, -0.1) is 0 Å². The maximum Gasteiger partial charge on any atom is 0.254 e. The fraction of sp³-hybridized carbons (Fsp3) is 0.391. The monoisotopic (exact) mass is 489 g/mol. The van der Waals surface area contributed by atoms with Crippen LogP contribution in [-0.2, 0) is 9.84 Å². The quantitative estimate of drug-likeness (QED) is 0.502. The summed E-state index contributed by atoms with van der Waals surface area (Å²) in [7, 11) is -3.26. The van der Waals surface area contributed by atoms with E-state index >= 15 is 0 Å². The fourth-order valence-electron chi connectivity index (χ4n) is 3.73. The number of fused-ring (bicyclic) bond motifs is 1. The summed E-state index contributed by atoms with van der Waals surface area (Å²) in [6, 6.07) is 10.3. The zero-order chi connectivity index (χ0) is 23.6. The maximum atomic E-state index is 13.1. The second-order valence-corrected chi connectivity index (χ2v) is 10.7. The van der Waals surface area contributed by atoms with Crippen LogP contribution >= 0.6 is 11.3 Å². The highest BCUT2D eigenvalue weighted by atomic mass is 32.2. The van der Waals surface area contributed by atoms with Crippen molar-refractivity contribution in [1.82, 2.24) is 9.88 Å².